The van der Waals surface area contributed by atoms with Gasteiger partial charge in [-0.25, -0.2) is 4.79 Å². The predicted molar refractivity (Wildman–Crippen MR) is 113 cm³/mol. The van der Waals surface area contributed by atoms with Crippen LogP contribution in [0, 0.1) is 0 Å². The van der Waals surface area contributed by atoms with Crippen LogP contribution in [0.25, 0.3) is 11.1 Å². The molecular weight excluding hydrogens is 366 g/mol. The van der Waals surface area contributed by atoms with Crippen molar-refractivity contribution in [3.8, 4) is 11.1 Å². The summed E-state index contributed by atoms with van der Waals surface area (Å²) in [5.74, 6) is -0.0333. The fraction of sp³-hybridized carbons (Fsp3) is 0.417. The lowest BCUT2D eigenvalue weighted by Crippen LogP contribution is -2.56. The maximum atomic E-state index is 12.5. The van der Waals surface area contributed by atoms with E-state index in [4.69, 9.17) is 9.47 Å². The molecule has 0 unspecified atom stereocenters. The van der Waals surface area contributed by atoms with E-state index in [1.807, 2.05) is 24.3 Å². The Bertz CT molecular complexity index is 879. The van der Waals surface area contributed by atoms with Crippen LogP contribution in [0.2, 0.25) is 0 Å². The lowest BCUT2D eigenvalue weighted by atomic mass is 9.93. The molecule has 1 heterocycles. The molecule has 2 aromatic rings. The molecule has 2 atom stereocenters. The molecule has 0 radical (unpaired) electrons. The highest BCUT2D eigenvalue weighted by molar-refractivity contribution is 5.95. The van der Waals surface area contributed by atoms with Crippen LogP contribution < -0.4 is 5.32 Å². The molecule has 1 aliphatic heterocycles. The second kappa shape index (κ2) is 7.99. The minimum atomic E-state index is -0.886. The zero-order valence-electron chi connectivity index (χ0n) is 14.9. The maximum Gasteiger partial charge on any atom is 0.408 e. The fourth-order valence-corrected chi connectivity index (χ4v) is 4.85. The number of ketones is 1. The van der Waals surface area contributed by atoms with Crippen LogP contribution >= 0.6 is 0 Å². The average molecular weight is 395 g/mol. The molecule has 0 bridgehead atoms. The molecule has 1 saturated carbocycles. The number of carbonyl (C=O) groups excluding carboxylic acids is 2. The molecule has 5 rings (SSSR count). The van der Waals surface area contributed by atoms with Gasteiger partial charge >= 0.3 is 6.09 Å². The van der Waals surface area contributed by atoms with Gasteiger partial charge in [0.15, 0.2) is 5.78 Å². The van der Waals surface area contributed by atoms with Crippen molar-refractivity contribution in [2.75, 3.05) is 13.2 Å². The van der Waals surface area contributed by atoms with Crippen LogP contribution in [-0.2, 0) is 14.3 Å². The van der Waals surface area contributed by atoms with Crippen molar-refractivity contribution in [1.82, 2.24) is 5.32 Å². The SMILES string of the molecule is C.C.O=C(N[C@]12CCC[C@H]1OCC2=O)OCC1c2ccccc2-c2ccccc21. The monoisotopic (exact) mass is 395 g/mol. The molecule has 29 heavy (non-hydrogen) atoms. The molecule has 2 fully saturated rings. The molecule has 3 aliphatic rings. The van der Waals surface area contributed by atoms with Crippen LogP contribution in [0.4, 0.5) is 4.79 Å². The number of ether oxygens (including phenoxy) is 2. The van der Waals surface area contributed by atoms with Gasteiger partial charge in [-0.15, -0.1) is 0 Å². The van der Waals surface area contributed by atoms with E-state index < -0.39 is 11.6 Å². The summed E-state index contributed by atoms with van der Waals surface area (Å²) in [4.78, 5) is 24.8. The number of alkyl carbamates (subject to hydrolysis) is 1. The molecule has 154 valence electrons. The van der Waals surface area contributed by atoms with Gasteiger partial charge in [-0.3, -0.25) is 4.79 Å². The minimum absolute atomic E-state index is 0. The second-order valence-electron chi connectivity index (χ2n) is 7.54. The van der Waals surface area contributed by atoms with Gasteiger partial charge in [0.2, 0.25) is 0 Å². The number of benzene rings is 2. The van der Waals surface area contributed by atoms with Crippen molar-refractivity contribution < 1.29 is 19.1 Å². The smallest absolute Gasteiger partial charge is 0.408 e. The first-order valence-electron chi connectivity index (χ1n) is 9.47. The lowest BCUT2D eigenvalue weighted by Gasteiger charge is -2.27. The van der Waals surface area contributed by atoms with Crippen molar-refractivity contribution in [3.63, 3.8) is 0 Å². The first-order chi connectivity index (χ1) is 13.2. The highest BCUT2D eigenvalue weighted by atomic mass is 16.6. The normalized spacial score (nSPS) is 24.0. The van der Waals surface area contributed by atoms with E-state index in [9.17, 15) is 9.59 Å². The molecular formula is C24H29NO4. The number of fused-ring (bicyclic) bond motifs is 4. The highest BCUT2D eigenvalue weighted by Crippen LogP contribution is 2.44. The van der Waals surface area contributed by atoms with E-state index in [-0.39, 0.29) is 45.9 Å². The minimum Gasteiger partial charge on any atom is -0.449 e. The van der Waals surface area contributed by atoms with Crippen LogP contribution in [0.1, 0.15) is 51.2 Å². The Morgan fingerprint density at radius 3 is 2.34 bits per heavy atom. The quantitative estimate of drug-likeness (QED) is 0.819. The molecule has 2 aliphatic carbocycles. The number of nitrogens with one attached hydrogen (secondary N) is 1. The third kappa shape index (κ3) is 3.23. The Hall–Kier alpha value is -2.66. The van der Waals surface area contributed by atoms with Gasteiger partial charge in [0, 0.05) is 5.92 Å². The Morgan fingerprint density at radius 1 is 1.07 bits per heavy atom. The first kappa shape index (κ1) is 21.1. The number of hydrogen-bond donors (Lipinski definition) is 1. The van der Waals surface area contributed by atoms with Crippen molar-refractivity contribution in [2.45, 2.75) is 51.7 Å². The number of carbonyl (C=O) groups is 2. The molecule has 1 amide bonds. The van der Waals surface area contributed by atoms with Gasteiger partial charge in [0.25, 0.3) is 0 Å². The average Bonchev–Trinajstić information content (AvgIpc) is 3.32. The van der Waals surface area contributed by atoms with Gasteiger partial charge in [0.05, 0.1) is 6.10 Å². The van der Waals surface area contributed by atoms with E-state index in [2.05, 4.69) is 29.6 Å². The highest BCUT2D eigenvalue weighted by Gasteiger charge is 2.55. The summed E-state index contributed by atoms with van der Waals surface area (Å²) in [7, 11) is 0. The molecule has 1 N–H and O–H groups in total. The summed E-state index contributed by atoms with van der Waals surface area (Å²) in [6.45, 7) is 0.323. The third-order valence-corrected chi connectivity index (χ3v) is 6.17. The predicted octanol–water partition coefficient (Wildman–Crippen LogP) is 4.69. The summed E-state index contributed by atoms with van der Waals surface area (Å²) in [6, 6.07) is 16.4. The Balaban J connectivity index is 0.00000120. The van der Waals surface area contributed by atoms with Gasteiger partial charge in [0.1, 0.15) is 18.8 Å². The summed E-state index contributed by atoms with van der Waals surface area (Å²) < 4.78 is 11.1. The molecule has 0 aromatic heterocycles. The van der Waals surface area contributed by atoms with E-state index in [1.165, 1.54) is 22.3 Å². The number of hydrogen-bond acceptors (Lipinski definition) is 4. The lowest BCUT2D eigenvalue weighted by molar-refractivity contribution is -0.122. The van der Waals surface area contributed by atoms with E-state index in [0.29, 0.717) is 6.42 Å². The van der Waals surface area contributed by atoms with Crippen molar-refractivity contribution in [2.24, 2.45) is 0 Å². The second-order valence-corrected chi connectivity index (χ2v) is 7.54. The van der Waals surface area contributed by atoms with Gasteiger partial charge in [-0.1, -0.05) is 63.4 Å². The zero-order valence-corrected chi connectivity index (χ0v) is 14.9. The van der Waals surface area contributed by atoms with Crippen LogP contribution in [0.5, 0.6) is 0 Å². The Kier molecular flexibility index (Phi) is 5.80. The van der Waals surface area contributed by atoms with E-state index in [0.717, 1.165) is 12.8 Å². The van der Waals surface area contributed by atoms with Gasteiger partial charge in [-0.05, 0) is 41.5 Å². The number of rotatable bonds is 3. The van der Waals surface area contributed by atoms with E-state index in [1.54, 1.807) is 0 Å². The first-order valence-corrected chi connectivity index (χ1v) is 9.47. The summed E-state index contributed by atoms with van der Waals surface area (Å²) in [6.07, 6.45) is 1.55. The molecule has 1 saturated heterocycles. The topological polar surface area (TPSA) is 64.6 Å². The third-order valence-electron chi connectivity index (χ3n) is 6.17. The molecule has 2 aromatic carbocycles. The van der Waals surface area contributed by atoms with Crippen LogP contribution in [-0.4, -0.2) is 36.7 Å². The zero-order chi connectivity index (χ0) is 18.4. The summed E-state index contributed by atoms with van der Waals surface area (Å²) >= 11 is 0. The molecule has 5 nitrogen and oxygen atoms in total. The van der Waals surface area contributed by atoms with Crippen molar-refractivity contribution in [1.29, 1.82) is 0 Å². The maximum absolute atomic E-state index is 12.5. The standard InChI is InChI=1S/C22H21NO4.2CH4/c24-19-13-26-20-10-5-11-22(19,20)23-21(25)27-12-18-16-8-3-1-6-14(16)15-7-2-4-9-17(15)18;;/h1-4,6-9,18,20H,5,10-13H2,(H,23,25);2*1H4/t20-,22+;;/m1../s1. The van der Waals surface area contributed by atoms with E-state index >= 15 is 0 Å². The molecule has 5 heteroatoms. The van der Waals surface area contributed by atoms with Crippen molar-refractivity contribution in [3.05, 3.63) is 59.7 Å². The van der Waals surface area contributed by atoms with Gasteiger partial charge < -0.3 is 14.8 Å². The Labute approximate surface area is 172 Å². The van der Waals surface area contributed by atoms with Crippen LogP contribution in [0.3, 0.4) is 0 Å². The molecule has 0 spiro atoms. The fourth-order valence-electron chi connectivity index (χ4n) is 4.85. The largest absolute Gasteiger partial charge is 0.449 e. The van der Waals surface area contributed by atoms with Crippen molar-refractivity contribution >= 4 is 11.9 Å². The number of amides is 1. The van der Waals surface area contributed by atoms with Gasteiger partial charge in [-0.2, -0.15) is 0 Å². The number of Topliss-reactive ketones (excluding diaryl/α,β-unsaturated/α-hetero) is 1. The summed E-state index contributed by atoms with van der Waals surface area (Å²) in [5, 5.41) is 2.84. The summed E-state index contributed by atoms with van der Waals surface area (Å²) in [5.41, 5.74) is 3.84. The Morgan fingerprint density at radius 2 is 1.69 bits per heavy atom. The van der Waals surface area contributed by atoms with Crippen LogP contribution in [0.15, 0.2) is 48.5 Å².